The van der Waals surface area contributed by atoms with Crippen molar-refractivity contribution in [2.75, 3.05) is 31.1 Å². The summed E-state index contributed by atoms with van der Waals surface area (Å²) in [5.41, 5.74) is 8.19. The number of hydrogen-bond acceptors (Lipinski definition) is 5. The summed E-state index contributed by atoms with van der Waals surface area (Å²) in [4.78, 5) is 25.0. The molecule has 0 bridgehead atoms. The average Bonchev–Trinajstić information content (AvgIpc) is 2.73. The zero-order chi connectivity index (χ0) is 20.5. The number of nitrogens with zero attached hydrogens (tertiary/aromatic N) is 4. The molecule has 8 heteroatoms. The molecule has 1 saturated heterocycles. The van der Waals surface area contributed by atoms with Gasteiger partial charge in [-0.1, -0.05) is 35.3 Å². The van der Waals surface area contributed by atoms with Crippen molar-refractivity contribution in [1.82, 2.24) is 14.9 Å². The quantitative estimate of drug-likeness (QED) is 0.687. The fraction of sp³-hybridized carbons (Fsp3) is 0.286. The number of nitrogens with two attached hydrogens (primary N) is 1. The Morgan fingerprint density at radius 3 is 2.62 bits per heavy atom. The first-order valence-corrected chi connectivity index (χ1v) is 10.2. The first-order chi connectivity index (χ1) is 14.0. The van der Waals surface area contributed by atoms with Gasteiger partial charge in [0.05, 0.1) is 17.1 Å². The molecule has 3 aromatic rings. The number of benzene rings is 2. The van der Waals surface area contributed by atoms with E-state index in [1.54, 1.807) is 6.33 Å². The van der Waals surface area contributed by atoms with E-state index in [4.69, 9.17) is 28.9 Å². The molecule has 1 aliphatic heterocycles. The number of carbonyl (C=O) groups excluding carboxylic acids is 1. The van der Waals surface area contributed by atoms with Gasteiger partial charge in [0.2, 0.25) is 5.91 Å². The van der Waals surface area contributed by atoms with Gasteiger partial charge < -0.3 is 15.5 Å². The Labute approximate surface area is 179 Å². The Morgan fingerprint density at radius 2 is 1.93 bits per heavy atom. The molecule has 1 amide bonds. The molecule has 2 heterocycles. The predicted octanol–water partition coefficient (Wildman–Crippen LogP) is 3.60. The highest BCUT2D eigenvalue weighted by Gasteiger charge is 2.28. The lowest BCUT2D eigenvalue weighted by molar-refractivity contribution is -0.132. The van der Waals surface area contributed by atoms with Crippen LogP contribution >= 0.6 is 23.2 Å². The van der Waals surface area contributed by atoms with Crippen molar-refractivity contribution in [3.63, 3.8) is 0 Å². The smallest absolute Gasteiger partial charge is 0.236 e. The van der Waals surface area contributed by atoms with E-state index in [0.717, 1.165) is 27.8 Å². The second kappa shape index (κ2) is 8.14. The second-order valence-electron chi connectivity index (χ2n) is 7.14. The number of hydrogen-bond donors (Lipinski definition) is 1. The van der Waals surface area contributed by atoms with Crippen LogP contribution in [0.1, 0.15) is 6.92 Å². The minimum absolute atomic E-state index is 0.0264. The molecule has 0 radical (unpaired) electrons. The minimum atomic E-state index is -0.0264. The molecule has 2 aromatic carbocycles. The van der Waals surface area contributed by atoms with E-state index in [1.807, 2.05) is 48.2 Å². The van der Waals surface area contributed by atoms with Gasteiger partial charge in [-0.15, -0.1) is 0 Å². The Balaban J connectivity index is 1.73. The molecular weight excluding hydrogens is 409 g/mol. The number of anilines is 1. The summed E-state index contributed by atoms with van der Waals surface area (Å²) in [5, 5.41) is 2.22. The summed E-state index contributed by atoms with van der Waals surface area (Å²) in [5.74, 6) is 0.815. The topological polar surface area (TPSA) is 75.4 Å². The minimum Gasteiger partial charge on any atom is -0.352 e. The third-order valence-electron chi connectivity index (χ3n) is 5.28. The maximum absolute atomic E-state index is 12.0. The van der Waals surface area contributed by atoms with Crippen molar-refractivity contribution in [2.24, 2.45) is 5.73 Å². The molecule has 1 aromatic heterocycles. The van der Waals surface area contributed by atoms with Gasteiger partial charge in [-0.2, -0.15) is 0 Å². The fourth-order valence-electron chi connectivity index (χ4n) is 3.80. The molecule has 150 valence electrons. The van der Waals surface area contributed by atoms with Crippen LogP contribution in [0.2, 0.25) is 10.0 Å². The third-order valence-corrected chi connectivity index (χ3v) is 5.85. The first kappa shape index (κ1) is 19.9. The lowest BCUT2D eigenvalue weighted by Crippen LogP contribution is -2.55. The van der Waals surface area contributed by atoms with E-state index in [1.165, 1.54) is 0 Å². The van der Waals surface area contributed by atoms with Crippen molar-refractivity contribution >= 4 is 45.8 Å². The van der Waals surface area contributed by atoms with Crippen LogP contribution in [-0.2, 0) is 4.79 Å². The maximum Gasteiger partial charge on any atom is 0.236 e. The molecule has 6 nitrogen and oxygen atoms in total. The normalized spacial score (nSPS) is 17.0. The van der Waals surface area contributed by atoms with Crippen LogP contribution in [0.5, 0.6) is 0 Å². The number of rotatable bonds is 3. The average molecular weight is 430 g/mol. The van der Waals surface area contributed by atoms with E-state index in [2.05, 4.69) is 14.9 Å². The number of piperazine rings is 1. The van der Waals surface area contributed by atoms with Crippen LogP contribution in [-0.4, -0.2) is 53.0 Å². The molecule has 0 aliphatic carbocycles. The van der Waals surface area contributed by atoms with Gasteiger partial charge in [-0.05, 0) is 36.8 Å². The van der Waals surface area contributed by atoms with Crippen LogP contribution < -0.4 is 10.6 Å². The highest BCUT2D eigenvalue weighted by Crippen LogP contribution is 2.35. The van der Waals surface area contributed by atoms with E-state index in [-0.39, 0.29) is 18.5 Å². The summed E-state index contributed by atoms with van der Waals surface area (Å²) < 4.78 is 0. The van der Waals surface area contributed by atoms with Gasteiger partial charge in [0.15, 0.2) is 0 Å². The zero-order valence-electron chi connectivity index (χ0n) is 16.0. The van der Waals surface area contributed by atoms with Crippen LogP contribution in [0.15, 0.2) is 42.7 Å². The Kier molecular flexibility index (Phi) is 5.58. The lowest BCUT2D eigenvalue weighted by Gasteiger charge is -2.40. The first-order valence-electron chi connectivity index (χ1n) is 9.42. The van der Waals surface area contributed by atoms with E-state index in [9.17, 15) is 4.79 Å². The molecule has 0 saturated carbocycles. The highest BCUT2D eigenvalue weighted by molar-refractivity contribution is 6.34. The molecule has 0 spiro atoms. The third kappa shape index (κ3) is 3.88. The van der Waals surface area contributed by atoms with Crippen LogP contribution in [0.25, 0.3) is 22.0 Å². The van der Waals surface area contributed by atoms with Crippen molar-refractivity contribution < 1.29 is 4.79 Å². The number of fused-ring (bicyclic) bond motifs is 1. The van der Waals surface area contributed by atoms with Crippen molar-refractivity contribution in [2.45, 2.75) is 13.0 Å². The molecule has 1 aliphatic rings. The molecule has 1 unspecified atom stereocenters. The van der Waals surface area contributed by atoms with Gasteiger partial charge in [0.25, 0.3) is 0 Å². The van der Waals surface area contributed by atoms with Crippen molar-refractivity contribution in [1.29, 1.82) is 0 Å². The highest BCUT2D eigenvalue weighted by atomic mass is 35.5. The summed E-state index contributed by atoms with van der Waals surface area (Å²) >= 11 is 12.6. The molecule has 1 atom stereocenters. The van der Waals surface area contributed by atoms with E-state index >= 15 is 0 Å². The van der Waals surface area contributed by atoms with Crippen molar-refractivity contribution in [3.05, 3.63) is 52.8 Å². The summed E-state index contributed by atoms with van der Waals surface area (Å²) in [6.07, 6.45) is 1.55. The number of carbonyl (C=O) groups is 1. The zero-order valence-corrected chi connectivity index (χ0v) is 17.5. The number of aromatic nitrogens is 2. The van der Waals surface area contributed by atoms with Crippen molar-refractivity contribution in [3.8, 4) is 11.1 Å². The second-order valence-corrected chi connectivity index (χ2v) is 7.98. The summed E-state index contributed by atoms with van der Waals surface area (Å²) in [6, 6.07) is 11.5. The van der Waals surface area contributed by atoms with Gasteiger partial charge >= 0.3 is 0 Å². The standard InChI is InChI=1S/C21H21Cl2N5O/c1-13-11-27(6-7-28(13)20(29)10-24)21-17-8-16(14-2-4-15(22)5-3-14)18(23)9-19(17)25-12-26-21/h2-5,8-9,12-13H,6-7,10-11,24H2,1H3. The Hall–Kier alpha value is -2.41. The number of amides is 1. The molecule has 1 fully saturated rings. The molecular formula is C21H21Cl2N5O. The fourth-order valence-corrected chi connectivity index (χ4v) is 4.20. The van der Waals surface area contributed by atoms with E-state index in [0.29, 0.717) is 29.7 Å². The Bertz CT molecular complexity index is 1060. The van der Waals surface area contributed by atoms with E-state index < -0.39 is 0 Å². The number of halogens is 2. The molecule has 29 heavy (non-hydrogen) atoms. The van der Waals surface area contributed by atoms with Crippen LogP contribution in [0.4, 0.5) is 5.82 Å². The van der Waals surface area contributed by atoms with Gasteiger partial charge in [-0.3, -0.25) is 4.79 Å². The summed E-state index contributed by atoms with van der Waals surface area (Å²) in [7, 11) is 0. The monoisotopic (exact) mass is 429 g/mol. The van der Waals surface area contributed by atoms with Gasteiger partial charge in [0, 0.05) is 41.6 Å². The summed E-state index contributed by atoms with van der Waals surface area (Å²) in [6.45, 7) is 4.03. The maximum atomic E-state index is 12.0. The van der Waals surface area contributed by atoms with Gasteiger partial charge in [0.1, 0.15) is 12.1 Å². The predicted molar refractivity (Wildman–Crippen MR) is 117 cm³/mol. The largest absolute Gasteiger partial charge is 0.352 e. The molecule has 2 N–H and O–H groups in total. The SMILES string of the molecule is CC1CN(c2ncnc3cc(Cl)c(-c4ccc(Cl)cc4)cc23)CCN1C(=O)CN. The van der Waals surface area contributed by atoms with Crippen LogP contribution in [0.3, 0.4) is 0 Å². The van der Waals surface area contributed by atoms with Gasteiger partial charge in [-0.25, -0.2) is 9.97 Å². The Morgan fingerprint density at radius 1 is 1.17 bits per heavy atom. The lowest BCUT2D eigenvalue weighted by atomic mass is 10.0. The van der Waals surface area contributed by atoms with Crippen LogP contribution in [0, 0.1) is 0 Å². The molecule has 4 rings (SSSR count).